The van der Waals surface area contributed by atoms with Crippen molar-refractivity contribution in [1.29, 1.82) is 0 Å². The maximum Gasteiger partial charge on any atom is 0.321 e. The lowest BCUT2D eigenvalue weighted by Gasteiger charge is -2.34. The van der Waals surface area contributed by atoms with Crippen molar-refractivity contribution in [2.24, 2.45) is 5.73 Å². The second-order valence-electron chi connectivity index (χ2n) is 5.43. The number of likely N-dealkylation sites (N-methyl/N-ethyl adjacent to an activating group) is 1. The van der Waals surface area contributed by atoms with Gasteiger partial charge in [0.1, 0.15) is 0 Å². The van der Waals surface area contributed by atoms with Crippen LogP contribution in [-0.4, -0.2) is 62.3 Å². The largest absolute Gasteiger partial charge is 0.383 e. The fraction of sp³-hybridized carbons (Fsp3) is 0.857. The van der Waals surface area contributed by atoms with Crippen LogP contribution in [0.2, 0.25) is 0 Å². The molecule has 0 aromatic carbocycles. The van der Waals surface area contributed by atoms with Crippen molar-refractivity contribution >= 4 is 11.9 Å². The molecule has 1 rings (SSSR count). The average molecular weight is 300 g/mol. The maximum absolute atomic E-state index is 11.9. The monoisotopic (exact) mass is 300 g/mol. The number of nitrogens with two attached hydrogens (primary N) is 1. The summed E-state index contributed by atoms with van der Waals surface area (Å²) in [5.41, 5.74) is 5.90. The van der Waals surface area contributed by atoms with E-state index in [1.165, 1.54) is 0 Å². The summed E-state index contributed by atoms with van der Waals surface area (Å²) in [4.78, 5) is 25.5. The molecule has 1 aliphatic carbocycles. The lowest BCUT2D eigenvalue weighted by molar-refractivity contribution is -0.121. The van der Waals surface area contributed by atoms with Crippen LogP contribution in [0.5, 0.6) is 0 Å². The van der Waals surface area contributed by atoms with Gasteiger partial charge in [-0.15, -0.1) is 0 Å². The third-order valence-electron chi connectivity index (χ3n) is 3.86. The number of amides is 3. The summed E-state index contributed by atoms with van der Waals surface area (Å²) in [5.74, 6) is -0.276. The van der Waals surface area contributed by atoms with E-state index in [-0.39, 0.29) is 12.5 Å². The number of hydrogen-bond donors (Lipinski definition) is 3. The second-order valence-corrected chi connectivity index (χ2v) is 5.43. The molecular weight excluding hydrogens is 272 g/mol. The number of nitrogens with one attached hydrogen (secondary N) is 2. The molecule has 0 aromatic rings. The number of nitrogens with zero attached hydrogens (tertiary/aromatic N) is 1. The van der Waals surface area contributed by atoms with Crippen LogP contribution in [0.4, 0.5) is 4.79 Å². The highest BCUT2D eigenvalue weighted by molar-refractivity contribution is 5.95. The van der Waals surface area contributed by atoms with E-state index in [0.29, 0.717) is 25.2 Å². The standard InChI is InChI=1S/C14H28N4O3/c1-3-18(12-6-4-11(15)5-7-12)10-13(19)17-14(20)16-8-9-21-2/h11-12H,3-10,15H2,1-2H3,(H2,16,17,19,20). The summed E-state index contributed by atoms with van der Waals surface area (Å²) in [6.07, 6.45) is 4.03. The summed E-state index contributed by atoms with van der Waals surface area (Å²) >= 11 is 0. The van der Waals surface area contributed by atoms with Crippen LogP contribution in [-0.2, 0) is 9.53 Å². The Morgan fingerprint density at radius 3 is 2.52 bits per heavy atom. The third-order valence-corrected chi connectivity index (χ3v) is 3.86. The molecule has 0 unspecified atom stereocenters. The molecule has 0 aliphatic heterocycles. The number of ether oxygens (including phenoxy) is 1. The maximum atomic E-state index is 11.9. The minimum absolute atomic E-state index is 0.244. The van der Waals surface area contributed by atoms with Gasteiger partial charge in [0.25, 0.3) is 0 Å². The summed E-state index contributed by atoms with van der Waals surface area (Å²) in [7, 11) is 1.56. The van der Waals surface area contributed by atoms with Gasteiger partial charge in [0.2, 0.25) is 5.91 Å². The molecule has 3 amide bonds. The Balaban J connectivity index is 2.31. The molecule has 122 valence electrons. The number of carbonyl (C=O) groups is 2. The fourth-order valence-electron chi connectivity index (χ4n) is 2.63. The first-order chi connectivity index (χ1) is 10.1. The number of imide groups is 1. The molecule has 0 radical (unpaired) electrons. The number of carbonyl (C=O) groups excluding carboxylic acids is 2. The lowest BCUT2D eigenvalue weighted by Crippen LogP contribution is -2.48. The molecule has 7 heteroatoms. The van der Waals surface area contributed by atoms with Gasteiger partial charge >= 0.3 is 6.03 Å². The number of hydrogen-bond acceptors (Lipinski definition) is 5. The van der Waals surface area contributed by atoms with Crippen molar-refractivity contribution in [3.63, 3.8) is 0 Å². The van der Waals surface area contributed by atoms with Gasteiger partial charge in [0, 0.05) is 25.7 Å². The van der Waals surface area contributed by atoms with Crippen LogP contribution in [0.15, 0.2) is 0 Å². The Labute approximate surface area is 126 Å². The first kappa shape index (κ1) is 17.9. The highest BCUT2D eigenvalue weighted by atomic mass is 16.5. The first-order valence-corrected chi connectivity index (χ1v) is 7.63. The van der Waals surface area contributed by atoms with E-state index in [2.05, 4.69) is 15.5 Å². The van der Waals surface area contributed by atoms with Gasteiger partial charge in [-0.25, -0.2) is 4.79 Å². The minimum Gasteiger partial charge on any atom is -0.383 e. The van der Waals surface area contributed by atoms with Gasteiger partial charge in [0.15, 0.2) is 0 Å². The van der Waals surface area contributed by atoms with Crippen molar-refractivity contribution in [2.45, 2.75) is 44.7 Å². The van der Waals surface area contributed by atoms with Crippen LogP contribution in [0, 0.1) is 0 Å². The zero-order valence-corrected chi connectivity index (χ0v) is 13.1. The molecule has 0 spiro atoms. The number of methoxy groups -OCH3 is 1. The second kappa shape index (κ2) is 9.70. The van der Waals surface area contributed by atoms with Gasteiger partial charge in [-0.3, -0.25) is 15.0 Å². The Hall–Kier alpha value is -1.18. The molecule has 4 N–H and O–H groups in total. The number of urea groups is 1. The van der Waals surface area contributed by atoms with Crippen LogP contribution >= 0.6 is 0 Å². The predicted octanol–water partition coefficient (Wildman–Crippen LogP) is 0.0504. The Morgan fingerprint density at radius 1 is 1.29 bits per heavy atom. The molecular formula is C14H28N4O3. The SMILES string of the molecule is CCN(CC(=O)NC(=O)NCCOC)C1CCC(N)CC1. The van der Waals surface area contributed by atoms with E-state index in [4.69, 9.17) is 10.5 Å². The molecule has 1 saturated carbocycles. The smallest absolute Gasteiger partial charge is 0.321 e. The predicted molar refractivity (Wildman–Crippen MR) is 80.9 cm³/mol. The highest BCUT2D eigenvalue weighted by Gasteiger charge is 2.25. The topological polar surface area (TPSA) is 96.7 Å². The molecule has 0 atom stereocenters. The van der Waals surface area contributed by atoms with E-state index in [0.717, 1.165) is 32.2 Å². The Morgan fingerprint density at radius 2 is 1.95 bits per heavy atom. The Kier molecular flexibility index (Phi) is 8.26. The molecule has 0 bridgehead atoms. The van der Waals surface area contributed by atoms with Gasteiger partial charge in [-0.1, -0.05) is 6.92 Å². The summed E-state index contributed by atoms with van der Waals surface area (Å²) in [6.45, 7) is 3.87. The highest BCUT2D eigenvalue weighted by Crippen LogP contribution is 2.21. The van der Waals surface area contributed by atoms with Crippen molar-refractivity contribution < 1.29 is 14.3 Å². The molecule has 1 fully saturated rings. The van der Waals surface area contributed by atoms with E-state index >= 15 is 0 Å². The molecule has 0 aromatic heterocycles. The molecule has 1 aliphatic rings. The molecule has 21 heavy (non-hydrogen) atoms. The van der Waals surface area contributed by atoms with Gasteiger partial charge < -0.3 is 15.8 Å². The fourth-order valence-corrected chi connectivity index (χ4v) is 2.63. The van der Waals surface area contributed by atoms with E-state index in [1.54, 1.807) is 7.11 Å². The van der Waals surface area contributed by atoms with Crippen LogP contribution in [0.3, 0.4) is 0 Å². The number of rotatable bonds is 7. The van der Waals surface area contributed by atoms with Crippen molar-refractivity contribution in [3.8, 4) is 0 Å². The van der Waals surface area contributed by atoms with Crippen LogP contribution in [0.1, 0.15) is 32.6 Å². The van der Waals surface area contributed by atoms with E-state index in [9.17, 15) is 9.59 Å². The Bertz CT molecular complexity index is 330. The van der Waals surface area contributed by atoms with Crippen LogP contribution < -0.4 is 16.4 Å². The average Bonchev–Trinajstić information content (AvgIpc) is 2.46. The van der Waals surface area contributed by atoms with Crippen molar-refractivity contribution in [1.82, 2.24) is 15.5 Å². The van der Waals surface area contributed by atoms with Gasteiger partial charge in [-0.2, -0.15) is 0 Å². The van der Waals surface area contributed by atoms with Gasteiger partial charge in [0.05, 0.1) is 13.2 Å². The molecule has 0 saturated heterocycles. The summed E-state index contributed by atoms with van der Waals surface area (Å²) in [5, 5.41) is 4.90. The zero-order valence-electron chi connectivity index (χ0n) is 13.1. The third kappa shape index (κ3) is 6.88. The van der Waals surface area contributed by atoms with Crippen LogP contribution in [0.25, 0.3) is 0 Å². The normalized spacial score (nSPS) is 22.1. The zero-order chi connectivity index (χ0) is 15.7. The van der Waals surface area contributed by atoms with Gasteiger partial charge in [-0.05, 0) is 32.2 Å². The van der Waals surface area contributed by atoms with E-state index in [1.807, 2.05) is 6.92 Å². The molecule has 7 nitrogen and oxygen atoms in total. The molecule has 0 heterocycles. The quantitative estimate of drug-likeness (QED) is 0.577. The first-order valence-electron chi connectivity index (χ1n) is 7.63. The minimum atomic E-state index is -0.473. The summed E-state index contributed by atoms with van der Waals surface area (Å²) in [6, 6.07) is 0.205. The summed E-state index contributed by atoms with van der Waals surface area (Å²) < 4.78 is 4.82. The lowest BCUT2D eigenvalue weighted by atomic mass is 9.91. The van der Waals surface area contributed by atoms with Crippen molar-refractivity contribution in [2.75, 3.05) is 33.4 Å². The van der Waals surface area contributed by atoms with Crippen molar-refractivity contribution in [3.05, 3.63) is 0 Å². The van der Waals surface area contributed by atoms with E-state index < -0.39 is 6.03 Å².